The van der Waals surface area contributed by atoms with Crippen molar-refractivity contribution in [2.45, 2.75) is 19.9 Å². The van der Waals surface area contributed by atoms with Crippen molar-refractivity contribution < 1.29 is 9.53 Å². The first-order valence-corrected chi connectivity index (χ1v) is 7.58. The molecule has 2 rings (SSSR count). The highest BCUT2D eigenvalue weighted by atomic mass is 16.5. The molecule has 0 bridgehead atoms. The summed E-state index contributed by atoms with van der Waals surface area (Å²) in [6, 6.07) is 19.4. The summed E-state index contributed by atoms with van der Waals surface area (Å²) in [4.78, 5) is 14.1. The maximum Gasteiger partial charge on any atom is 0.260 e. The molecule has 0 saturated carbocycles. The Hall–Kier alpha value is -2.80. The van der Waals surface area contributed by atoms with Crippen molar-refractivity contribution in [2.24, 2.45) is 0 Å². The van der Waals surface area contributed by atoms with Crippen molar-refractivity contribution in [3.05, 3.63) is 65.7 Å². The minimum absolute atomic E-state index is 0.0247. The predicted octanol–water partition coefficient (Wildman–Crippen LogP) is 3.32. The number of aryl methyl sites for hydroxylation is 1. The number of amides is 1. The fourth-order valence-corrected chi connectivity index (χ4v) is 2.23. The third-order valence-corrected chi connectivity index (χ3v) is 3.51. The average molecular weight is 308 g/mol. The minimum atomic E-state index is -0.118. The van der Waals surface area contributed by atoms with Gasteiger partial charge in [-0.1, -0.05) is 48.5 Å². The van der Waals surface area contributed by atoms with Crippen LogP contribution in [0.2, 0.25) is 0 Å². The van der Waals surface area contributed by atoms with Gasteiger partial charge in [0.2, 0.25) is 0 Å². The van der Waals surface area contributed by atoms with E-state index in [0.29, 0.717) is 25.3 Å². The van der Waals surface area contributed by atoms with E-state index in [0.717, 1.165) is 11.1 Å². The zero-order valence-corrected chi connectivity index (χ0v) is 13.2. The van der Waals surface area contributed by atoms with E-state index in [4.69, 9.17) is 10.00 Å². The molecule has 2 aromatic rings. The topological polar surface area (TPSA) is 53.3 Å². The van der Waals surface area contributed by atoms with Gasteiger partial charge in [-0.05, 0) is 24.1 Å². The van der Waals surface area contributed by atoms with Crippen LogP contribution in [-0.2, 0) is 11.3 Å². The zero-order valence-electron chi connectivity index (χ0n) is 13.2. The van der Waals surface area contributed by atoms with E-state index in [1.165, 1.54) is 0 Å². The van der Waals surface area contributed by atoms with Crippen molar-refractivity contribution in [3.8, 4) is 11.8 Å². The summed E-state index contributed by atoms with van der Waals surface area (Å²) in [5.74, 6) is 0.591. The Morgan fingerprint density at radius 2 is 1.83 bits per heavy atom. The summed E-state index contributed by atoms with van der Waals surface area (Å²) >= 11 is 0. The quantitative estimate of drug-likeness (QED) is 0.788. The summed E-state index contributed by atoms with van der Waals surface area (Å²) in [5, 5.41) is 8.79. The molecule has 0 spiro atoms. The first kappa shape index (κ1) is 16.6. The number of carbonyl (C=O) groups excluding carboxylic acids is 1. The third-order valence-electron chi connectivity index (χ3n) is 3.51. The first-order chi connectivity index (χ1) is 11.2. The highest BCUT2D eigenvalue weighted by Crippen LogP contribution is 2.16. The van der Waals surface area contributed by atoms with Crippen molar-refractivity contribution in [3.63, 3.8) is 0 Å². The Morgan fingerprint density at radius 1 is 1.13 bits per heavy atom. The van der Waals surface area contributed by atoms with Crippen LogP contribution in [0.1, 0.15) is 17.5 Å². The van der Waals surface area contributed by atoms with Crippen molar-refractivity contribution in [1.82, 2.24) is 4.90 Å². The third kappa shape index (κ3) is 5.15. The lowest BCUT2D eigenvalue weighted by Gasteiger charge is -2.22. The monoisotopic (exact) mass is 308 g/mol. The summed E-state index contributed by atoms with van der Waals surface area (Å²) in [6.07, 6.45) is 0.308. The number of hydrogen-bond acceptors (Lipinski definition) is 3. The fourth-order valence-electron chi connectivity index (χ4n) is 2.23. The van der Waals surface area contributed by atoms with E-state index in [1.807, 2.05) is 61.5 Å². The predicted molar refractivity (Wildman–Crippen MR) is 88.8 cm³/mol. The molecule has 0 atom stereocenters. The van der Waals surface area contributed by atoms with E-state index in [1.54, 1.807) is 4.90 Å². The molecule has 0 unspecified atom stereocenters. The van der Waals surface area contributed by atoms with Crippen LogP contribution in [0.15, 0.2) is 54.6 Å². The van der Waals surface area contributed by atoms with Gasteiger partial charge in [0.25, 0.3) is 5.91 Å². The molecule has 0 aliphatic rings. The van der Waals surface area contributed by atoms with Gasteiger partial charge >= 0.3 is 0 Å². The van der Waals surface area contributed by atoms with Crippen LogP contribution < -0.4 is 4.74 Å². The molecular formula is C19H20N2O2. The van der Waals surface area contributed by atoms with Crippen LogP contribution >= 0.6 is 0 Å². The van der Waals surface area contributed by atoms with Gasteiger partial charge in [-0.15, -0.1) is 0 Å². The van der Waals surface area contributed by atoms with E-state index < -0.39 is 0 Å². The molecule has 4 nitrogen and oxygen atoms in total. The molecule has 4 heteroatoms. The zero-order chi connectivity index (χ0) is 16.5. The van der Waals surface area contributed by atoms with Gasteiger partial charge < -0.3 is 9.64 Å². The summed E-state index contributed by atoms with van der Waals surface area (Å²) in [6.45, 7) is 2.81. The molecule has 0 aliphatic heterocycles. The summed E-state index contributed by atoms with van der Waals surface area (Å²) < 4.78 is 5.62. The number of rotatable bonds is 7. The first-order valence-electron chi connectivity index (χ1n) is 7.58. The molecule has 23 heavy (non-hydrogen) atoms. The fraction of sp³-hybridized carbons (Fsp3) is 0.263. The van der Waals surface area contributed by atoms with Crippen molar-refractivity contribution in [2.75, 3.05) is 13.2 Å². The smallest absolute Gasteiger partial charge is 0.260 e. The van der Waals surface area contributed by atoms with Crippen LogP contribution in [0.3, 0.4) is 0 Å². The largest absolute Gasteiger partial charge is 0.484 e. The van der Waals surface area contributed by atoms with Gasteiger partial charge in [0.05, 0.1) is 12.5 Å². The minimum Gasteiger partial charge on any atom is -0.484 e. The van der Waals surface area contributed by atoms with Crippen molar-refractivity contribution in [1.29, 1.82) is 5.26 Å². The van der Waals surface area contributed by atoms with Gasteiger partial charge in [0.15, 0.2) is 6.61 Å². The average Bonchev–Trinajstić information content (AvgIpc) is 2.58. The second-order valence-electron chi connectivity index (χ2n) is 5.26. The lowest BCUT2D eigenvalue weighted by atomic mass is 10.2. The molecule has 0 aliphatic carbocycles. The summed E-state index contributed by atoms with van der Waals surface area (Å²) in [7, 11) is 0. The number of ether oxygens (including phenoxy) is 1. The summed E-state index contributed by atoms with van der Waals surface area (Å²) in [5.41, 5.74) is 2.03. The number of para-hydroxylation sites is 1. The Bertz CT molecular complexity index is 677. The molecule has 0 radical (unpaired) electrons. The molecule has 1 amide bonds. The lowest BCUT2D eigenvalue weighted by molar-refractivity contribution is -0.133. The van der Waals surface area contributed by atoms with Crippen LogP contribution in [0, 0.1) is 18.3 Å². The van der Waals surface area contributed by atoms with Crippen molar-refractivity contribution >= 4 is 5.91 Å². The maximum absolute atomic E-state index is 12.4. The molecule has 0 aromatic heterocycles. The maximum atomic E-state index is 12.4. The number of benzene rings is 2. The Kier molecular flexibility index (Phi) is 6.19. The van der Waals surface area contributed by atoms with Crippen LogP contribution in [0.5, 0.6) is 5.75 Å². The van der Waals surface area contributed by atoms with E-state index in [2.05, 4.69) is 6.07 Å². The SMILES string of the molecule is Cc1ccccc1OCC(=O)N(CCC#N)Cc1ccccc1. The van der Waals surface area contributed by atoms with Gasteiger partial charge in [-0.2, -0.15) is 5.26 Å². The van der Waals surface area contributed by atoms with Crippen LogP contribution in [0.25, 0.3) is 0 Å². The van der Waals surface area contributed by atoms with Gasteiger partial charge in [0, 0.05) is 13.1 Å². The molecule has 0 heterocycles. The Morgan fingerprint density at radius 3 is 2.52 bits per heavy atom. The normalized spacial score (nSPS) is 9.91. The molecule has 0 N–H and O–H groups in total. The van der Waals surface area contributed by atoms with Gasteiger partial charge in [-0.3, -0.25) is 4.79 Å². The Balaban J connectivity index is 1.99. The van der Waals surface area contributed by atoms with E-state index >= 15 is 0 Å². The molecule has 0 saturated heterocycles. The van der Waals surface area contributed by atoms with E-state index in [-0.39, 0.29) is 12.5 Å². The molecule has 118 valence electrons. The van der Waals surface area contributed by atoms with Crippen LogP contribution in [0.4, 0.5) is 0 Å². The standard InChI is InChI=1S/C19H20N2O2/c1-16-8-5-6-11-18(16)23-15-19(22)21(13-7-12-20)14-17-9-3-2-4-10-17/h2-6,8-11H,7,13-15H2,1H3. The number of carbonyl (C=O) groups is 1. The highest BCUT2D eigenvalue weighted by Gasteiger charge is 2.15. The Labute approximate surface area is 136 Å². The van der Waals surface area contributed by atoms with Crippen LogP contribution in [-0.4, -0.2) is 24.0 Å². The highest BCUT2D eigenvalue weighted by molar-refractivity contribution is 5.77. The van der Waals surface area contributed by atoms with E-state index in [9.17, 15) is 4.79 Å². The molecular weight excluding hydrogens is 288 g/mol. The second kappa shape index (κ2) is 8.60. The lowest BCUT2D eigenvalue weighted by Crippen LogP contribution is -2.35. The number of nitriles is 1. The molecule has 2 aromatic carbocycles. The van der Waals surface area contributed by atoms with Gasteiger partial charge in [-0.25, -0.2) is 0 Å². The number of nitrogens with zero attached hydrogens (tertiary/aromatic N) is 2. The molecule has 0 fully saturated rings. The van der Waals surface area contributed by atoms with Gasteiger partial charge in [0.1, 0.15) is 5.75 Å². The second-order valence-corrected chi connectivity index (χ2v) is 5.26. The number of hydrogen-bond donors (Lipinski definition) is 0.